The molecular weight excluding hydrogens is 840 g/mol. The lowest BCUT2D eigenvalue weighted by molar-refractivity contribution is 0.332. The van der Waals surface area contributed by atoms with E-state index in [2.05, 4.69) is 235 Å². The van der Waals surface area contributed by atoms with Gasteiger partial charge in [-0.25, -0.2) is 0 Å². The summed E-state index contributed by atoms with van der Waals surface area (Å²) in [5, 5.41) is 0.268. The van der Waals surface area contributed by atoms with Crippen molar-refractivity contribution in [3.63, 3.8) is 0 Å². The molecule has 4 heteroatoms. The van der Waals surface area contributed by atoms with Gasteiger partial charge in [0.05, 0.1) is 11.7 Å². The minimum absolute atomic E-state index is 0.00544. The number of hydrogen-bond donors (Lipinski definition) is 0. The number of anilines is 5. The molecule has 5 aliphatic rings. The zero-order chi connectivity index (χ0) is 48.2. The highest BCUT2D eigenvalue weighted by molar-refractivity contribution is 8.02. The Morgan fingerprint density at radius 2 is 1.12 bits per heavy atom. The summed E-state index contributed by atoms with van der Waals surface area (Å²) in [5.41, 5.74) is 24.1. The fraction of sp³-hybridized carbons (Fsp3) is 0.438. The van der Waals surface area contributed by atoms with Gasteiger partial charge in [-0.1, -0.05) is 165 Å². The average Bonchev–Trinajstić information content (AvgIpc) is 3.65. The lowest BCUT2D eigenvalue weighted by Crippen LogP contribution is -2.63. The van der Waals surface area contributed by atoms with Crippen molar-refractivity contribution in [1.29, 1.82) is 0 Å². The van der Waals surface area contributed by atoms with Crippen LogP contribution in [0.25, 0.3) is 11.1 Å². The van der Waals surface area contributed by atoms with Crippen molar-refractivity contribution in [3.8, 4) is 11.1 Å². The standard InChI is InChI=1S/C64H75BN2S/c1-38-21-22-39(2)46-35-56-48(34-45(38)46)58-59(68-56)65-51-36-49-50(64(14,15)30-29-63(49,12)13)37-53(51)67(52-28-25-42(61(6,7)8)31-47(52)40-19-17-16-18-20-40)55-33-43(62(9,10)11)32-54(57(55)65)66(58)44-26-23-41(24-27-44)60(3,4)5/h16-20,23-28,31-39,58-59H,21-22,29-30H2,1-15H3. The van der Waals surface area contributed by atoms with Crippen molar-refractivity contribution in [3.05, 3.63) is 154 Å². The van der Waals surface area contributed by atoms with Crippen molar-refractivity contribution in [2.45, 2.75) is 185 Å². The predicted molar refractivity (Wildman–Crippen MR) is 296 cm³/mol. The lowest BCUT2D eigenvalue weighted by atomic mass is 9.33. The second kappa shape index (κ2) is 15.4. The second-order valence-electron chi connectivity index (χ2n) is 26.2. The monoisotopic (exact) mass is 915 g/mol. The van der Waals surface area contributed by atoms with Crippen molar-refractivity contribution in [2.75, 3.05) is 9.80 Å². The van der Waals surface area contributed by atoms with E-state index in [0.29, 0.717) is 11.8 Å². The van der Waals surface area contributed by atoms with Gasteiger partial charge in [0.2, 0.25) is 6.71 Å². The average molecular weight is 915 g/mol. The van der Waals surface area contributed by atoms with Crippen LogP contribution >= 0.6 is 11.8 Å². The molecule has 0 bridgehead atoms. The highest BCUT2D eigenvalue weighted by atomic mass is 32.2. The Hall–Kier alpha value is -4.67. The van der Waals surface area contributed by atoms with Crippen molar-refractivity contribution in [1.82, 2.24) is 0 Å². The molecule has 3 aliphatic heterocycles. The zero-order valence-corrected chi connectivity index (χ0v) is 44.7. The number of benzene rings is 6. The van der Waals surface area contributed by atoms with Gasteiger partial charge in [0.15, 0.2) is 0 Å². The van der Waals surface area contributed by atoms with Crippen LogP contribution in [-0.2, 0) is 27.1 Å². The Morgan fingerprint density at radius 3 is 1.74 bits per heavy atom. The van der Waals surface area contributed by atoms with E-state index in [9.17, 15) is 0 Å². The molecular formula is C64H75BN2S. The maximum Gasteiger partial charge on any atom is 0.233 e. The van der Waals surface area contributed by atoms with Gasteiger partial charge in [0.1, 0.15) is 0 Å². The Kier molecular flexibility index (Phi) is 10.4. The van der Waals surface area contributed by atoms with Crippen LogP contribution in [0.4, 0.5) is 28.4 Å². The van der Waals surface area contributed by atoms with E-state index in [1.54, 1.807) is 16.7 Å². The molecule has 4 atom stereocenters. The van der Waals surface area contributed by atoms with Crippen LogP contribution in [0.5, 0.6) is 0 Å². The van der Waals surface area contributed by atoms with E-state index in [0.717, 1.165) is 0 Å². The van der Waals surface area contributed by atoms with Gasteiger partial charge < -0.3 is 9.80 Å². The van der Waals surface area contributed by atoms with Crippen LogP contribution in [-0.4, -0.2) is 11.9 Å². The molecule has 6 aromatic carbocycles. The summed E-state index contributed by atoms with van der Waals surface area (Å²) in [5.74, 6) is 1.15. The number of hydrogen-bond acceptors (Lipinski definition) is 3. The SMILES string of the molecule is CC1CCC(C)c2cc3c(cc21)SC1B2c4cc5c(cc4N(c4ccc(C(C)(C)C)cc4-c4ccccc4)c4cc(C(C)(C)C)cc(c42)N(c2ccc(C(C)(C)C)cc2)C31)C(C)(C)CCC5(C)C. The van der Waals surface area contributed by atoms with Gasteiger partial charge in [-0.2, -0.15) is 0 Å². The summed E-state index contributed by atoms with van der Waals surface area (Å²) in [6.07, 6.45) is 4.90. The highest BCUT2D eigenvalue weighted by Crippen LogP contribution is 2.60. The molecule has 0 radical (unpaired) electrons. The molecule has 350 valence electrons. The molecule has 2 aliphatic carbocycles. The van der Waals surface area contributed by atoms with Crippen LogP contribution in [0.15, 0.2) is 114 Å². The molecule has 0 saturated carbocycles. The minimum atomic E-state index is -0.0984. The van der Waals surface area contributed by atoms with Crippen molar-refractivity contribution < 1.29 is 0 Å². The van der Waals surface area contributed by atoms with E-state index < -0.39 is 0 Å². The maximum atomic E-state index is 2.83. The summed E-state index contributed by atoms with van der Waals surface area (Å²) in [4.78, 5) is 7.08. The third-order valence-electron chi connectivity index (χ3n) is 17.4. The fourth-order valence-corrected chi connectivity index (χ4v) is 14.5. The normalized spacial score (nSPS) is 22.2. The first-order valence-corrected chi connectivity index (χ1v) is 26.9. The largest absolute Gasteiger partial charge is 0.334 e. The van der Waals surface area contributed by atoms with Crippen LogP contribution in [0.3, 0.4) is 0 Å². The summed E-state index contributed by atoms with van der Waals surface area (Å²) < 4.78 is 0. The molecule has 0 amide bonds. The Balaban J connectivity index is 1.28. The Labute approximate surface area is 414 Å². The van der Waals surface area contributed by atoms with Crippen LogP contribution in [0.1, 0.15) is 192 Å². The molecule has 0 N–H and O–H groups in total. The zero-order valence-electron chi connectivity index (χ0n) is 43.9. The van der Waals surface area contributed by atoms with E-state index in [4.69, 9.17) is 0 Å². The maximum absolute atomic E-state index is 2.83. The fourth-order valence-electron chi connectivity index (χ4n) is 12.9. The van der Waals surface area contributed by atoms with Crippen LogP contribution in [0.2, 0.25) is 0 Å². The Bertz CT molecular complexity index is 2990. The van der Waals surface area contributed by atoms with Gasteiger partial charge in [-0.05, 0) is 174 Å². The molecule has 0 spiro atoms. The first kappa shape index (κ1) is 45.8. The third-order valence-corrected chi connectivity index (χ3v) is 18.8. The molecule has 0 saturated heterocycles. The summed E-state index contributed by atoms with van der Waals surface area (Å²) in [6, 6.07) is 44.6. The van der Waals surface area contributed by atoms with E-state index in [-0.39, 0.29) is 45.0 Å². The summed E-state index contributed by atoms with van der Waals surface area (Å²) in [7, 11) is 0. The molecule has 11 rings (SSSR count). The lowest BCUT2D eigenvalue weighted by Gasteiger charge is -2.51. The first-order chi connectivity index (χ1) is 31.9. The minimum Gasteiger partial charge on any atom is -0.334 e. The molecule has 6 aromatic rings. The molecule has 4 unspecified atom stereocenters. The Morgan fingerprint density at radius 1 is 0.544 bits per heavy atom. The number of rotatable bonds is 3. The highest BCUT2D eigenvalue weighted by Gasteiger charge is 2.55. The van der Waals surface area contributed by atoms with Gasteiger partial charge in [0, 0.05) is 38.4 Å². The molecule has 68 heavy (non-hydrogen) atoms. The molecule has 2 nitrogen and oxygen atoms in total. The van der Waals surface area contributed by atoms with E-state index in [1.165, 1.54) is 109 Å². The summed E-state index contributed by atoms with van der Waals surface area (Å²) in [6.45, 7) is 36.5. The van der Waals surface area contributed by atoms with Gasteiger partial charge in [0.25, 0.3) is 0 Å². The first-order valence-electron chi connectivity index (χ1n) is 26.0. The smallest absolute Gasteiger partial charge is 0.233 e. The topological polar surface area (TPSA) is 6.48 Å². The van der Waals surface area contributed by atoms with E-state index >= 15 is 0 Å². The number of nitrogens with zero attached hydrogens (tertiary/aromatic N) is 2. The van der Waals surface area contributed by atoms with Crippen LogP contribution in [0, 0.1) is 0 Å². The van der Waals surface area contributed by atoms with Gasteiger partial charge in [-0.3, -0.25) is 0 Å². The predicted octanol–water partition coefficient (Wildman–Crippen LogP) is 16.9. The number of thioether (sulfide) groups is 1. The molecule has 0 fully saturated rings. The number of fused-ring (bicyclic) bond motifs is 8. The van der Waals surface area contributed by atoms with E-state index in [1.807, 2.05) is 0 Å². The summed E-state index contributed by atoms with van der Waals surface area (Å²) >= 11 is 2.19. The molecule has 0 aromatic heterocycles. The van der Waals surface area contributed by atoms with Crippen molar-refractivity contribution >= 4 is 57.8 Å². The van der Waals surface area contributed by atoms with Gasteiger partial charge in [-0.15, -0.1) is 11.8 Å². The van der Waals surface area contributed by atoms with Crippen LogP contribution < -0.4 is 20.7 Å². The molecule has 3 heterocycles. The third kappa shape index (κ3) is 7.18. The quantitative estimate of drug-likeness (QED) is 0.163. The van der Waals surface area contributed by atoms with Gasteiger partial charge >= 0.3 is 0 Å². The second-order valence-corrected chi connectivity index (χ2v) is 27.4. The van der Waals surface area contributed by atoms with Crippen molar-refractivity contribution in [2.24, 2.45) is 0 Å².